The van der Waals surface area contributed by atoms with Crippen LogP contribution in [0.15, 0.2) is 54.6 Å². The van der Waals surface area contributed by atoms with Crippen molar-refractivity contribution in [3.8, 4) is 11.5 Å². The molecule has 0 aliphatic rings. The molecule has 0 spiro atoms. The van der Waals surface area contributed by atoms with E-state index in [2.05, 4.69) is 5.32 Å². The van der Waals surface area contributed by atoms with Crippen LogP contribution in [0.4, 0.5) is 0 Å². The van der Waals surface area contributed by atoms with E-state index in [-0.39, 0.29) is 12.5 Å². The zero-order valence-corrected chi connectivity index (χ0v) is 14.2. The van der Waals surface area contributed by atoms with Gasteiger partial charge in [-0.25, -0.2) is 0 Å². The van der Waals surface area contributed by atoms with E-state index in [1.54, 1.807) is 18.0 Å². The Bertz CT molecular complexity index is 632. The average molecular weight is 328 g/mol. The molecule has 24 heavy (non-hydrogen) atoms. The Morgan fingerprint density at radius 1 is 1.00 bits per heavy atom. The van der Waals surface area contributed by atoms with Crippen LogP contribution in [-0.2, 0) is 11.4 Å². The van der Waals surface area contributed by atoms with Crippen LogP contribution in [0.1, 0.15) is 5.56 Å². The third-order valence-corrected chi connectivity index (χ3v) is 3.56. The van der Waals surface area contributed by atoms with Crippen LogP contribution in [0.2, 0.25) is 0 Å². The molecule has 0 aliphatic carbocycles. The van der Waals surface area contributed by atoms with E-state index in [1.165, 1.54) is 0 Å². The second-order valence-electron chi connectivity index (χ2n) is 5.43. The van der Waals surface area contributed by atoms with Crippen molar-refractivity contribution < 1.29 is 14.3 Å². The molecule has 2 aromatic carbocycles. The number of rotatable bonds is 9. The second kappa shape index (κ2) is 9.57. The maximum Gasteiger partial charge on any atom is 0.260 e. The van der Waals surface area contributed by atoms with E-state index < -0.39 is 0 Å². The summed E-state index contributed by atoms with van der Waals surface area (Å²) >= 11 is 0. The van der Waals surface area contributed by atoms with E-state index in [9.17, 15) is 4.79 Å². The Labute approximate surface area is 143 Å². The van der Waals surface area contributed by atoms with Crippen LogP contribution in [0, 0.1) is 0 Å². The lowest BCUT2D eigenvalue weighted by Crippen LogP contribution is -2.35. The summed E-state index contributed by atoms with van der Waals surface area (Å²) in [6.45, 7) is 1.84. The summed E-state index contributed by atoms with van der Waals surface area (Å²) < 4.78 is 11.5. The van der Waals surface area contributed by atoms with Crippen molar-refractivity contribution in [1.29, 1.82) is 0 Å². The number of carbonyl (C=O) groups excluding carboxylic acids is 1. The Balaban J connectivity index is 1.90. The zero-order chi connectivity index (χ0) is 17.2. The van der Waals surface area contributed by atoms with Crippen molar-refractivity contribution in [3.05, 3.63) is 60.2 Å². The molecule has 1 N–H and O–H groups in total. The summed E-state index contributed by atoms with van der Waals surface area (Å²) in [4.78, 5) is 13.7. The lowest BCUT2D eigenvalue weighted by atomic mass is 10.2. The number of hydrogen-bond donors (Lipinski definition) is 1. The van der Waals surface area contributed by atoms with Crippen molar-refractivity contribution >= 4 is 5.91 Å². The number of benzene rings is 2. The number of hydrogen-bond acceptors (Lipinski definition) is 4. The molecule has 0 atom stereocenters. The molecule has 0 heterocycles. The third kappa shape index (κ3) is 5.59. The van der Waals surface area contributed by atoms with E-state index in [0.717, 1.165) is 12.1 Å². The lowest BCUT2D eigenvalue weighted by molar-refractivity contribution is -0.132. The molecule has 0 unspecified atom stereocenters. The van der Waals surface area contributed by atoms with Gasteiger partial charge in [0.25, 0.3) is 5.91 Å². The molecule has 0 radical (unpaired) electrons. The second-order valence-corrected chi connectivity index (χ2v) is 5.43. The Morgan fingerprint density at radius 2 is 1.62 bits per heavy atom. The predicted octanol–water partition coefficient (Wildman–Crippen LogP) is 2.32. The van der Waals surface area contributed by atoms with Crippen molar-refractivity contribution in [3.63, 3.8) is 0 Å². The predicted molar refractivity (Wildman–Crippen MR) is 94.3 cm³/mol. The number of ether oxygens (including phenoxy) is 2. The summed E-state index contributed by atoms with van der Waals surface area (Å²) in [5, 5.41) is 3.01. The molecule has 2 aromatic rings. The lowest BCUT2D eigenvalue weighted by Gasteiger charge is -2.18. The van der Waals surface area contributed by atoms with Gasteiger partial charge in [0.2, 0.25) is 0 Å². The first-order valence-corrected chi connectivity index (χ1v) is 7.98. The van der Waals surface area contributed by atoms with E-state index in [0.29, 0.717) is 24.7 Å². The van der Waals surface area contributed by atoms with Gasteiger partial charge in [-0.1, -0.05) is 42.5 Å². The molecular formula is C19H24N2O3. The average Bonchev–Trinajstić information content (AvgIpc) is 2.63. The van der Waals surface area contributed by atoms with Crippen molar-refractivity contribution in [2.24, 2.45) is 0 Å². The Morgan fingerprint density at radius 3 is 2.29 bits per heavy atom. The molecule has 0 aliphatic heterocycles. The fourth-order valence-corrected chi connectivity index (χ4v) is 2.08. The molecule has 0 fully saturated rings. The molecule has 128 valence electrons. The van der Waals surface area contributed by atoms with Crippen molar-refractivity contribution in [1.82, 2.24) is 10.2 Å². The summed E-state index contributed by atoms with van der Waals surface area (Å²) in [5.74, 6) is 1.14. The molecule has 5 nitrogen and oxygen atoms in total. The van der Waals surface area contributed by atoms with Gasteiger partial charge in [0.15, 0.2) is 18.1 Å². The normalized spacial score (nSPS) is 10.2. The minimum atomic E-state index is -0.0666. The van der Waals surface area contributed by atoms with Crippen LogP contribution < -0.4 is 14.8 Å². The molecule has 0 aromatic heterocycles. The highest BCUT2D eigenvalue weighted by atomic mass is 16.5. The number of likely N-dealkylation sites (N-methyl/N-ethyl adjacent to an activating group) is 2. The summed E-state index contributed by atoms with van der Waals surface area (Å²) in [6, 6.07) is 17.3. The number of para-hydroxylation sites is 2. The maximum absolute atomic E-state index is 12.0. The summed E-state index contributed by atoms with van der Waals surface area (Å²) in [7, 11) is 3.62. The maximum atomic E-state index is 12.0. The monoisotopic (exact) mass is 328 g/mol. The summed E-state index contributed by atoms with van der Waals surface area (Å²) in [6.07, 6.45) is 0. The topological polar surface area (TPSA) is 50.8 Å². The molecule has 0 bridgehead atoms. The van der Waals surface area contributed by atoms with Gasteiger partial charge in [0, 0.05) is 20.1 Å². The van der Waals surface area contributed by atoms with E-state index in [4.69, 9.17) is 9.47 Å². The molecule has 1 amide bonds. The largest absolute Gasteiger partial charge is 0.485 e. The first-order chi connectivity index (χ1) is 11.7. The SMILES string of the molecule is CNCCN(C)C(=O)COc1ccccc1OCc1ccccc1. The van der Waals surface area contributed by atoms with Crippen LogP contribution in [0.3, 0.4) is 0 Å². The Kier molecular flexibility index (Phi) is 7.11. The van der Waals surface area contributed by atoms with Crippen LogP contribution in [-0.4, -0.2) is 44.6 Å². The standard InChI is InChI=1S/C19H24N2O3/c1-20-12-13-21(2)19(22)15-24-18-11-7-6-10-17(18)23-14-16-8-4-3-5-9-16/h3-11,20H,12-15H2,1-2H3. The van der Waals surface area contributed by atoms with Gasteiger partial charge in [-0.15, -0.1) is 0 Å². The first kappa shape index (κ1) is 17.8. The molecule has 5 heteroatoms. The van der Waals surface area contributed by atoms with Crippen molar-refractivity contribution in [2.75, 3.05) is 33.8 Å². The van der Waals surface area contributed by atoms with Crippen molar-refractivity contribution in [2.45, 2.75) is 6.61 Å². The van der Waals surface area contributed by atoms with Gasteiger partial charge in [-0.3, -0.25) is 4.79 Å². The van der Waals surface area contributed by atoms with Gasteiger partial charge < -0.3 is 19.7 Å². The van der Waals surface area contributed by atoms with Crippen LogP contribution in [0.5, 0.6) is 11.5 Å². The third-order valence-electron chi connectivity index (χ3n) is 3.56. The van der Waals surface area contributed by atoms with E-state index in [1.807, 2.05) is 55.6 Å². The van der Waals surface area contributed by atoms with Crippen LogP contribution >= 0.6 is 0 Å². The van der Waals surface area contributed by atoms with E-state index >= 15 is 0 Å². The number of amides is 1. The quantitative estimate of drug-likeness (QED) is 0.767. The van der Waals surface area contributed by atoms with Gasteiger partial charge in [0.05, 0.1) is 0 Å². The summed E-state index contributed by atoms with van der Waals surface area (Å²) in [5.41, 5.74) is 1.08. The highest BCUT2D eigenvalue weighted by molar-refractivity contribution is 5.77. The van der Waals surface area contributed by atoms with Gasteiger partial charge in [-0.05, 0) is 24.7 Å². The molecular weight excluding hydrogens is 304 g/mol. The fourth-order valence-electron chi connectivity index (χ4n) is 2.08. The van der Waals surface area contributed by atoms with Gasteiger partial charge in [-0.2, -0.15) is 0 Å². The van der Waals surface area contributed by atoms with Crippen LogP contribution in [0.25, 0.3) is 0 Å². The Hall–Kier alpha value is -2.53. The number of nitrogens with zero attached hydrogens (tertiary/aromatic N) is 1. The highest BCUT2D eigenvalue weighted by Gasteiger charge is 2.11. The molecule has 0 saturated heterocycles. The number of nitrogens with one attached hydrogen (secondary N) is 1. The molecule has 0 saturated carbocycles. The van der Waals surface area contributed by atoms with Gasteiger partial charge >= 0.3 is 0 Å². The zero-order valence-electron chi connectivity index (χ0n) is 14.2. The first-order valence-electron chi connectivity index (χ1n) is 7.98. The highest BCUT2D eigenvalue weighted by Crippen LogP contribution is 2.27. The minimum absolute atomic E-state index is 0.00801. The fraction of sp³-hybridized carbons (Fsp3) is 0.316. The smallest absolute Gasteiger partial charge is 0.260 e. The number of carbonyl (C=O) groups is 1. The minimum Gasteiger partial charge on any atom is -0.485 e. The molecule has 2 rings (SSSR count). The van der Waals surface area contributed by atoms with Gasteiger partial charge in [0.1, 0.15) is 6.61 Å².